The zero-order valence-electron chi connectivity index (χ0n) is 14.1. The highest BCUT2D eigenvalue weighted by molar-refractivity contribution is 7.99. The molecule has 0 spiro atoms. The van der Waals surface area contributed by atoms with Gasteiger partial charge in [0.1, 0.15) is 11.6 Å². The van der Waals surface area contributed by atoms with Crippen molar-refractivity contribution < 1.29 is 13.9 Å². The van der Waals surface area contributed by atoms with Crippen LogP contribution in [-0.4, -0.2) is 39.0 Å². The highest BCUT2D eigenvalue weighted by Crippen LogP contribution is 2.21. The molecule has 0 bridgehead atoms. The van der Waals surface area contributed by atoms with E-state index in [9.17, 15) is 9.18 Å². The lowest BCUT2D eigenvalue weighted by molar-refractivity contribution is -0.113. The van der Waals surface area contributed by atoms with Crippen LogP contribution in [0.15, 0.2) is 47.6 Å². The Labute approximate surface area is 153 Å². The van der Waals surface area contributed by atoms with E-state index < -0.39 is 0 Å². The minimum absolute atomic E-state index is 0.0893. The van der Waals surface area contributed by atoms with Gasteiger partial charge in [0.05, 0.1) is 18.6 Å². The summed E-state index contributed by atoms with van der Waals surface area (Å²) in [5.74, 6) is 0.175. The van der Waals surface area contributed by atoms with Crippen molar-refractivity contribution in [2.75, 3.05) is 18.2 Å². The number of aryl methyl sites for hydroxylation is 1. The number of hydrogen-bond acceptors (Lipinski definition) is 6. The second-order valence-corrected chi connectivity index (χ2v) is 6.31. The molecule has 0 radical (unpaired) electrons. The number of tetrazole rings is 1. The van der Waals surface area contributed by atoms with E-state index in [4.69, 9.17) is 4.74 Å². The van der Waals surface area contributed by atoms with Crippen molar-refractivity contribution in [2.45, 2.75) is 12.1 Å². The van der Waals surface area contributed by atoms with Gasteiger partial charge in [-0.3, -0.25) is 4.79 Å². The molecule has 9 heteroatoms. The molecule has 7 nitrogen and oxygen atoms in total. The molecule has 0 aliphatic carbocycles. The molecule has 0 saturated heterocycles. The fourth-order valence-corrected chi connectivity index (χ4v) is 2.84. The summed E-state index contributed by atoms with van der Waals surface area (Å²) in [6, 6.07) is 11.8. The van der Waals surface area contributed by atoms with Crippen molar-refractivity contribution in [1.82, 2.24) is 20.2 Å². The lowest BCUT2D eigenvalue weighted by Crippen LogP contribution is -2.14. The minimum atomic E-state index is -0.362. The van der Waals surface area contributed by atoms with E-state index in [1.54, 1.807) is 38.3 Å². The molecule has 0 atom stereocenters. The van der Waals surface area contributed by atoms with E-state index in [1.807, 2.05) is 12.1 Å². The molecule has 3 rings (SSSR count). The standard InChI is InChI=1S/C17H16FN5O2S/c1-11-3-4-12(9-15(11)18)19-16(24)10-26-17-20-21-22-23(17)13-5-7-14(25-2)8-6-13/h3-9H,10H2,1-2H3,(H,19,24). The maximum atomic E-state index is 13.5. The van der Waals surface area contributed by atoms with Gasteiger partial charge in [-0.1, -0.05) is 17.8 Å². The fraction of sp³-hybridized carbons (Fsp3) is 0.176. The molecule has 134 valence electrons. The quantitative estimate of drug-likeness (QED) is 0.669. The number of nitrogens with zero attached hydrogens (tertiary/aromatic N) is 4. The normalized spacial score (nSPS) is 10.6. The first-order valence-corrected chi connectivity index (χ1v) is 8.67. The zero-order chi connectivity index (χ0) is 18.5. The Morgan fingerprint density at radius 1 is 1.27 bits per heavy atom. The molecule has 3 aromatic rings. The third-order valence-corrected chi connectivity index (χ3v) is 4.47. The van der Waals surface area contributed by atoms with Gasteiger partial charge in [-0.15, -0.1) is 5.10 Å². The fourth-order valence-electron chi connectivity index (χ4n) is 2.15. The number of benzene rings is 2. The summed E-state index contributed by atoms with van der Waals surface area (Å²) in [4.78, 5) is 12.1. The highest BCUT2D eigenvalue weighted by Gasteiger charge is 2.12. The maximum Gasteiger partial charge on any atom is 0.234 e. The van der Waals surface area contributed by atoms with Crippen LogP contribution in [0.3, 0.4) is 0 Å². The van der Waals surface area contributed by atoms with Gasteiger partial charge in [-0.25, -0.2) is 4.39 Å². The maximum absolute atomic E-state index is 13.5. The highest BCUT2D eigenvalue weighted by atomic mass is 32.2. The summed E-state index contributed by atoms with van der Waals surface area (Å²) in [7, 11) is 1.59. The first kappa shape index (κ1) is 17.9. The average molecular weight is 373 g/mol. The van der Waals surface area contributed by atoms with Gasteiger partial charge >= 0.3 is 0 Å². The molecule has 0 aliphatic heterocycles. The van der Waals surface area contributed by atoms with Crippen LogP contribution in [0.25, 0.3) is 5.69 Å². The van der Waals surface area contributed by atoms with Crippen LogP contribution in [0, 0.1) is 12.7 Å². The minimum Gasteiger partial charge on any atom is -0.497 e. The predicted octanol–water partition coefficient (Wildman–Crippen LogP) is 2.85. The Balaban J connectivity index is 1.63. The summed E-state index contributed by atoms with van der Waals surface area (Å²) < 4.78 is 20.2. The SMILES string of the molecule is COc1ccc(-n2nnnc2SCC(=O)Nc2ccc(C)c(F)c2)cc1. The van der Waals surface area contributed by atoms with Crippen molar-refractivity contribution in [3.05, 3.63) is 53.8 Å². The van der Waals surface area contributed by atoms with Crippen molar-refractivity contribution in [2.24, 2.45) is 0 Å². The second kappa shape index (κ2) is 7.96. The third-order valence-electron chi connectivity index (χ3n) is 3.55. The number of aromatic nitrogens is 4. The molecule has 0 fully saturated rings. The first-order chi connectivity index (χ1) is 12.6. The van der Waals surface area contributed by atoms with Crippen molar-refractivity contribution >= 4 is 23.4 Å². The van der Waals surface area contributed by atoms with Gasteiger partial charge in [-0.05, 0) is 59.3 Å². The number of methoxy groups -OCH3 is 1. The van der Waals surface area contributed by atoms with Crippen molar-refractivity contribution in [3.8, 4) is 11.4 Å². The molecule has 1 amide bonds. The number of hydrogen-bond donors (Lipinski definition) is 1. The van der Waals surface area contributed by atoms with Crippen LogP contribution in [0.1, 0.15) is 5.56 Å². The van der Waals surface area contributed by atoms with Crippen molar-refractivity contribution in [1.29, 1.82) is 0 Å². The number of carbonyl (C=O) groups is 1. The van der Waals surface area contributed by atoms with Crippen LogP contribution in [0.2, 0.25) is 0 Å². The van der Waals surface area contributed by atoms with Gasteiger partial charge in [0.25, 0.3) is 0 Å². The van der Waals surface area contributed by atoms with Crippen LogP contribution in [0.4, 0.5) is 10.1 Å². The summed E-state index contributed by atoms with van der Waals surface area (Å²) in [6.07, 6.45) is 0. The summed E-state index contributed by atoms with van der Waals surface area (Å²) in [5.41, 5.74) is 1.68. The third kappa shape index (κ3) is 4.17. The number of anilines is 1. The molecule has 1 aromatic heterocycles. The number of halogens is 1. The van der Waals surface area contributed by atoms with Gasteiger partial charge in [0.2, 0.25) is 11.1 Å². The molecular weight excluding hydrogens is 357 g/mol. The average Bonchev–Trinajstić information content (AvgIpc) is 3.12. The molecule has 0 unspecified atom stereocenters. The van der Waals surface area contributed by atoms with Gasteiger partial charge in [0.15, 0.2) is 0 Å². The summed E-state index contributed by atoms with van der Waals surface area (Å²) in [6.45, 7) is 1.66. The Morgan fingerprint density at radius 2 is 2.04 bits per heavy atom. The van der Waals surface area contributed by atoms with E-state index in [0.29, 0.717) is 16.4 Å². The van der Waals surface area contributed by atoms with Crippen molar-refractivity contribution in [3.63, 3.8) is 0 Å². The monoisotopic (exact) mass is 373 g/mol. The number of amides is 1. The smallest absolute Gasteiger partial charge is 0.234 e. The van der Waals surface area contributed by atoms with E-state index >= 15 is 0 Å². The van der Waals surface area contributed by atoms with Crippen LogP contribution < -0.4 is 10.1 Å². The van der Waals surface area contributed by atoms with E-state index in [1.165, 1.54) is 22.5 Å². The Morgan fingerprint density at radius 3 is 2.73 bits per heavy atom. The zero-order valence-corrected chi connectivity index (χ0v) is 15.0. The number of ether oxygens (including phenoxy) is 1. The molecule has 0 saturated carbocycles. The number of nitrogens with one attached hydrogen (secondary N) is 1. The lowest BCUT2D eigenvalue weighted by Gasteiger charge is -2.07. The lowest BCUT2D eigenvalue weighted by atomic mass is 10.2. The molecule has 1 heterocycles. The Bertz CT molecular complexity index is 914. The van der Waals surface area contributed by atoms with E-state index in [-0.39, 0.29) is 17.5 Å². The van der Waals surface area contributed by atoms with Crippen LogP contribution >= 0.6 is 11.8 Å². The molecule has 2 aromatic carbocycles. The number of rotatable bonds is 6. The van der Waals surface area contributed by atoms with Gasteiger partial charge in [0, 0.05) is 5.69 Å². The summed E-state index contributed by atoms with van der Waals surface area (Å²) in [5, 5.41) is 14.7. The number of thioether (sulfide) groups is 1. The molecule has 1 N–H and O–H groups in total. The van der Waals surface area contributed by atoms with Gasteiger partial charge in [-0.2, -0.15) is 4.68 Å². The molecule has 26 heavy (non-hydrogen) atoms. The second-order valence-electron chi connectivity index (χ2n) is 5.37. The Kier molecular flexibility index (Phi) is 5.47. The summed E-state index contributed by atoms with van der Waals surface area (Å²) >= 11 is 1.18. The molecular formula is C17H16FN5O2S. The Hall–Kier alpha value is -2.94. The van der Waals surface area contributed by atoms with E-state index in [2.05, 4.69) is 20.8 Å². The van der Waals surface area contributed by atoms with Crippen LogP contribution in [-0.2, 0) is 4.79 Å². The van der Waals surface area contributed by atoms with E-state index in [0.717, 1.165) is 11.4 Å². The number of carbonyl (C=O) groups excluding carboxylic acids is 1. The first-order valence-electron chi connectivity index (χ1n) is 7.68. The topological polar surface area (TPSA) is 81.9 Å². The largest absolute Gasteiger partial charge is 0.497 e. The molecule has 0 aliphatic rings. The van der Waals surface area contributed by atoms with Crippen LogP contribution in [0.5, 0.6) is 5.75 Å². The van der Waals surface area contributed by atoms with Gasteiger partial charge < -0.3 is 10.1 Å². The predicted molar refractivity (Wildman–Crippen MR) is 96.2 cm³/mol.